The zero-order valence-electron chi connectivity index (χ0n) is 25.3. The Morgan fingerprint density at radius 2 is 1.62 bits per heavy atom. The van der Waals surface area contributed by atoms with Gasteiger partial charge in [-0.05, 0) is 74.9 Å². The predicted molar refractivity (Wildman–Crippen MR) is 157 cm³/mol. The van der Waals surface area contributed by atoms with Crippen LogP contribution < -0.4 is 24.3 Å². The summed E-state index contributed by atoms with van der Waals surface area (Å²) in [4.78, 5) is 39.3. The van der Waals surface area contributed by atoms with Crippen molar-refractivity contribution in [3.05, 3.63) is 70.1 Å². The second-order valence-electron chi connectivity index (χ2n) is 10.5. The van der Waals surface area contributed by atoms with E-state index < -0.39 is 17.9 Å². The van der Waals surface area contributed by atoms with Crippen LogP contribution in [-0.2, 0) is 19.1 Å². The maximum Gasteiger partial charge on any atom is 0.337 e. The fourth-order valence-corrected chi connectivity index (χ4v) is 5.53. The highest BCUT2D eigenvalue weighted by molar-refractivity contribution is 6.04. The Morgan fingerprint density at radius 3 is 2.26 bits per heavy atom. The van der Waals surface area contributed by atoms with E-state index in [1.165, 1.54) is 6.92 Å². The molecule has 2 aromatic carbocycles. The third-order valence-corrected chi connectivity index (χ3v) is 7.66. The number of carbonyl (C=O) groups excluding carboxylic acids is 3. The van der Waals surface area contributed by atoms with Crippen molar-refractivity contribution in [3.8, 4) is 23.0 Å². The number of allylic oxidation sites excluding steroid dienone is 3. The monoisotopic (exact) mass is 577 g/mol. The third kappa shape index (κ3) is 6.30. The smallest absolute Gasteiger partial charge is 0.337 e. The number of ether oxygens (including phenoxy) is 5. The molecule has 1 N–H and O–H groups in total. The lowest BCUT2D eigenvalue weighted by atomic mass is 9.71. The van der Waals surface area contributed by atoms with Crippen molar-refractivity contribution < 1.29 is 38.1 Å². The highest BCUT2D eigenvalue weighted by atomic mass is 16.6. The van der Waals surface area contributed by atoms with Crippen LogP contribution in [0.4, 0.5) is 0 Å². The van der Waals surface area contributed by atoms with E-state index in [1.54, 1.807) is 32.4 Å². The molecule has 0 saturated heterocycles. The first-order valence-electron chi connectivity index (χ1n) is 14.2. The number of esters is 2. The van der Waals surface area contributed by atoms with Crippen LogP contribution in [0.5, 0.6) is 23.0 Å². The lowest BCUT2D eigenvalue weighted by Crippen LogP contribution is -2.36. The lowest BCUT2D eigenvalue weighted by molar-refractivity contribution is -0.144. The zero-order valence-corrected chi connectivity index (χ0v) is 25.3. The minimum absolute atomic E-state index is 0.0723. The molecule has 0 amide bonds. The van der Waals surface area contributed by atoms with Gasteiger partial charge in [-0.1, -0.05) is 19.1 Å². The largest absolute Gasteiger partial charge is 0.493 e. The summed E-state index contributed by atoms with van der Waals surface area (Å²) >= 11 is 0. The molecule has 9 heteroatoms. The van der Waals surface area contributed by atoms with Gasteiger partial charge in [0.15, 0.2) is 28.8 Å². The normalized spacial score (nSPS) is 19.0. The van der Waals surface area contributed by atoms with Crippen molar-refractivity contribution in [2.24, 2.45) is 0 Å². The maximum absolute atomic E-state index is 14.0. The van der Waals surface area contributed by atoms with E-state index in [0.29, 0.717) is 59.1 Å². The molecule has 1 aliphatic heterocycles. The summed E-state index contributed by atoms with van der Waals surface area (Å²) in [5.41, 5.74) is 3.90. The number of hydrogen-bond donors (Lipinski definition) is 1. The van der Waals surface area contributed by atoms with Gasteiger partial charge in [0.25, 0.3) is 0 Å². The first-order valence-corrected chi connectivity index (χ1v) is 14.2. The highest BCUT2D eigenvalue weighted by Gasteiger charge is 2.42. The molecule has 0 spiro atoms. The van der Waals surface area contributed by atoms with Crippen molar-refractivity contribution in [1.29, 1.82) is 0 Å². The second-order valence-corrected chi connectivity index (χ2v) is 10.5. The summed E-state index contributed by atoms with van der Waals surface area (Å²) in [5.74, 6) is 0.00304. The van der Waals surface area contributed by atoms with Crippen molar-refractivity contribution in [1.82, 2.24) is 5.32 Å². The molecule has 4 rings (SSSR count). The average Bonchev–Trinajstić information content (AvgIpc) is 2.96. The van der Waals surface area contributed by atoms with Crippen molar-refractivity contribution >= 4 is 17.7 Å². The molecule has 1 heterocycles. The van der Waals surface area contributed by atoms with Crippen LogP contribution >= 0.6 is 0 Å². The number of nitrogens with one attached hydrogen (secondary N) is 1. The van der Waals surface area contributed by atoms with Crippen LogP contribution in [0.25, 0.3) is 0 Å². The lowest BCUT2D eigenvalue weighted by Gasteiger charge is -2.37. The SMILES string of the molecule is CCOc1cc([C@@H]2C(C(=O)O[C@H](C)CC)=C(C)NC3=C2C(=O)C[C@H](c2ccc(OC)c(OC)c2)C3)ccc1OC(C)=O. The predicted octanol–water partition coefficient (Wildman–Crippen LogP) is 5.73. The molecule has 3 atom stereocenters. The van der Waals surface area contributed by atoms with Crippen LogP contribution in [0.15, 0.2) is 58.9 Å². The van der Waals surface area contributed by atoms with E-state index in [-0.39, 0.29) is 30.0 Å². The fourth-order valence-electron chi connectivity index (χ4n) is 5.53. The van der Waals surface area contributed by atoms with Crippen molar-refractivity contribution in [3.63, 3.8) is 0 Å². The Labute approximate surface area is 246 Å². The van der Waals surface area contributed by atoms with E-state index >= 15 is 0 Å². The number of hydrogen-bond acceptors (Lipinski definition) is 9. The number of benzene rings is 2. The molecule has 9 nitrogen and oxygen atoms in total. The summed E-state index contributed by atoms with van der Waals surface area (Å²) in [6.45, 7) is 9.08. The van der Waals surface area contributed by atoms with Gasteiger partial charge in [0, 0.05) is 36.2 Å². The molecular formula is C33H39NO8. The van der Waals surface area contributed by atoms with E-state index in [4.69, 9.17) is 23.7 Å². The third-order valence-electron chi connectivity index (χ3n) is 7.66. The van der Waals surface area contributed by atoms with Gasteiger partial charge < -0.3 is 29.0 Å². The molecule has 0 radical (unpaired) electrons. The van der Waals surface area contributed by atoms with Crippen LogP contribution in [0.2, 0.25) is 0 Å². The Kier molecular flexibility index (Phi) is 9.60. The summed E-state index contributed by atoms with van der Waals surface area (Å²) in [5, 5.41) is 3.38. The molecule has 224 valence electrons. The molecular weight excluding hydrogens is 538 g/mol. The molecule has 0 bridgehead atoms. The van der Waals surface area contributed by atoms with Gasteiger partial charge >= 0.3 is 11.9 Å². The van der Waals surface area contributed by atoms with Gasteiger partial charge in [-0.25, -0.2) is 4.79 Å². The van der Waals surface area contributed by atoms with Crippen LogP contribution in [0, 0.1) is 0 Å². The first kappa shape index (κ1) is 30.7. The number of ketones is 1. The van der Waals surface area contributed by atoms with E-state index in [0.717, 1.165) is 11.3 Å². The first-order chi connectivity index (χ1) is 20.1. The van der Waals surface area contributed by atoms with Crippen molar-refractivity contribution in [2.75, 3.05) is 20.8 Å². The van der Waals surface area contributed by atoms with Crippen LogP contribution in [0.3, 0.4) is 0 Å². The van der Waals surface area contributed by atoms with Crippen LogP contribution in [0.1, 0.15) is 76.8 Å². The molecule has 1 aliphatic carbocycles. The Hall–Kier alpha value is -4.27. The minimum Gasteiger partial charge on any atom is -0.493 e. The standard InChI is InChI=1S/C33H39NO8/c1-8-18(3)41-33(37)30-19(4)34-24-14-23(21-10-12-26(38-6)28(16-21)39-7)15-25(36)32(24)31(30)22-11-13-27(42-20(5)35)29(17-22)40-9-2/h10-13,16-18,23,31,34H,8-9,14-15H2,1-7H3/t18-,23-,31-/m1/s1. The molecule has 42 heavy (non-hydrogen) atoms. The maximum atomic E-state index is 14.0. The zero-order chi connectivity index (χ0) is 30.6. The number of rotatable bonds is 10. The molecule has 2 aromatic rings. The summed E-state index contributed by atoms with van der Waals surface area (Å²) in [7, 11) is 3.17. The topological polar surface area (TPSA) is 109 Å². The average molecular weight is 578 g/mol. The summed E-state index contributed by atoms with van der Waals surface area (Å²) in [6.07, 6.45) is 1.17. The fraction of sp³-hybridized carbons (Fsp3) is 0.424. The van der Waals surface area contributed by atoms with Gasteiger partial charge in [-0.3, -0.25) is 9.59 Å². The van der Waals surface area contributed by atoms with Gasteiger partial charge in [-0.15, -0.1) is 0 Å². The number of methoxy groups -OCH3 is 2. The molecule has 2 aliphatic rings. The Bertz CT molecular complexity index is 1440. The van der Waals surface area contributed by atoms with Gasteiger partial charge in [0.1, 0.15) is 0 Å². The summed E-state index contributed by atoms with van der Waals surface area (Å²) in [6, 6.07) is 10.8. The molecule has 0 saturated carbocycles. The molecule has 0 unspecified atom stereocenters. The Morgan fingerprint density at radius 1 is 0.952 bits per heavy atom. The number of Topliss-reactive ketones (excluding diaryl/α,β-unsaturated/α-hetero) is 1. The Balaban J connectivity index is 1.82. The highest BCUT2D eigenvalue weighted by Crippen LogP contribution is 2.47. The van der Waals surface area contributed by atoms with Gasteiger partial charge in [0.05, 0.1) is 32.5 Å². The van der Waals surface area contributed by atoms with E-state index in [9.17, 15) is 14.4 Å². The minimum atomic E-state index is -0.692. The quantitative estimate of drug-likeness (QED) is 0.280. The summed E-state index contributed by atoms with van der Waals surface area (Å²) < 4.78 is 27.8. The van der Waals surface area contributed by atoms with Gasteiger partial charge in [-0.2, -0.15) is 0 Å². The van der Waals surface area contributed by atoms with Crippen molar-refractivity contribution in [2.45, 2.75) is 71.8 Å². The number of dihydropyridines is 1. The van der Waals surface area contributed by atoms with E-state index in [2.05, 4.69) is 5.32 Å². The second kappa shape index (κ2) is 13.1. The van der Waals surface area contributed by atoms with Crippen LogP contribution in [-0.4, -0.2) is 44.7 Å². The number of carbonyl (C=O) groups is 3. The molecule has 0 fully saturated rings. The van der Waals surface area contributed by atoms with E-state index in [1.807, 2.05) is 45.9 Å². The van der Waals surface area contributed by atoms with Gasteiger partial charge in [0.2, 0.25) is 0 Å². The molecule has 0 aromatic heterocycles.